The molecule has 0 spiro atoms. The van der Waals surface area contributed by atoms with Gasteiger partial charge >= 0.3 is 0 Å². The number of hydrogen-bond acceptors (Lipinski definition) is 2. The lowest BCUT2D eigenvalue weighted by Crippen LogP contribution is -2.36. The minimum Gasteiger partial charge on any atom is -0.327 e. The number of hydrogen-bond donors (Lipinski definition) is 2. The van der Waals surface area contributed by atoms with Crippen LogP contribution in [0.25, 0.3) is 0 Å². The smallest absolute Gasteiger partial charge is 0.0162 e. The van der Waals surface area contributed by atoms with Crippen molar-refractivity contribution in [3.05, 3.63) is 0 Å². The van der Waals surface area contributed by atoms with Crippen LogP contribution in [0.15, 0.2) is 0 Å². The SMILES string of the molecule is CCC(N)CNC1C2C3CCC(C3)C12. The lowest BCUT2D eigenvalue weighted by atomic mass is 10.0. The van der Waals surface area contributed by atoms with Crippen molar-refractivity contribution in [1.82, 2.24) is 5.32 Å². The Kier molecular flexibility index (Phi) is 2.10. The summed E-state index contributed by atoms with van der Waals surface area (Å²) in [5.74, 6) is 4.27. The first-order valence-electron chi connectivity index (χ1n) is 6.30. The lowest BCUT2D eigenvalue weighted by Gasteiger charge is -2.13. The summed E-state index contributed by atoms with van der Waals surface area (Å²) in [5, 5.41) is 3.69. The van der Waals surface area contributed by atoms with Crippen LogP contribution in [0.1, 0.15) is 32.6 Å². The van der Waals surface area contributed by atoms with Crippen molar-refractivity contribution in [2.45, 2.75) is 44.7 Å². The lowest BCUT2D eigenvalue weighted by molar-refractivity contribution is 0.446. The molecule has 0 saturated heterocycles. The van der Waals surface area contributed by atoms with E-state index in [0.717, 1.165) is 42.7 Å². The highest BCUT2D eigenvalue weighted by molar-refractivity contribution is 5.16. The van der Waals surface area contributed by atoms with Crippen LogP contribution in [-0.2, 0) is 0 Å². The van der Waals surface area contributed by atoms with Crippen molar-refractivity contribution < 1.29 is 0 Å². The molecular formula is C12H22N2. The van der Waals surface area contributed by atoms with Gasteiger partial charge in [-0.25, -0.2) is 0 Å². The molecule has 3 aliphatic carbocycles. The van der Waals surface area contributed by atoms with Crippen LogP contribution in [0, 0.1) is 23.7 Å². The topological polar surface area (TPSA) is 38.0 Å². The molecule has 2 nitrogen and oxygen atoms in total. The molecule has 0 heterocycles. The van der Waals surface area contributed by atoms with Crippen molar-refractivity contribution >= 4 is 0 Å². The van der Waals surface area contributed by atoms with Gasteiger partial charge in [0, 0.05) is 18.6 Å². The van der Waals surface area contributed by atoms with E-state index in [9.17, 15) is 0 Å². The molecular weight excluding hydrogens is 172 g/mol. The Bertz CT molecular complexity index is 212. The average molecular weight is 194 g/mol. The highest BCUT2D eigenvalue weighted by atomic mass is 15.0. The average Bonchev–Trinajstić information content (AvgIpc) is 2.60. The predicted octanol–water partition coefficient (Wildman–Crippen LogP) is 1.36. The van der Waals surface area contributed by atoms with E-state index in [2.05, 4.69) is 12.2 Å². The molecule has 3 rings (SSSR count). The highest BCUT2D eigenvalue weighted by Gasteiger charge is 2.64. The first-order valence-corrected chi connectivity index (χ1v) is 6.30. The second-order valence-corrected chi connectivity index (χ2v) is 5.59. The molecule has 3 saturated carbocycles. The van der Waals surface area contributed by atoms with Gasteiger partial charge in [-0.05, 0) is 49.4 Å². The van der Waals surface area contributed by atoms with Crippen LogP contribution >= 0.6 is 0 Å². The summed E-state index contributed by atoms with van der Waals surface area (Å²) >= 11 is 0. The standard InChI is InChI=1S/C12H22N2/c1-2-9(13)6-14-12-10-7-3-4-8(5-7)11(10)12/h7-12,14H,2-6,13H2,1H3. The molecule has 5 unspecified atom stereocenters. The Labute approximate surface area is 86.6 Å². The van der Waals surface area contributed by atoms with Gasteiger partial charge < -0.3 is 11.1 Å². The molecule has 3 fully saturated rings. The Hall–Kier alpha value is -0.0800. The van der Waals surface area contributed by atoms with E-state index in [0.29, 0.717) is 6.04 Å². The van der Waals surface area contributed by atoms with Gasteiger partial charge in [-0.2, -0.15) is 0 Å². The molecule has 0 aromatic heterocycles. The van der Waals surface area contributed by atoms with Gasteiger partial charge in [-0.15, -0.1) is 0 Å². The number of rotatable bonds is 4. The molecule has 0 aromatic rings. The van der Waals surface area contributed by atoms with Crippen LogP contribution < -0.4 is 11.1 Å². The predicted molar refractivity (Wildman–Crippen MR) is 57.9 cm³/mol. The second-order valence-electron chi connectivity index (χ2n) is 5.59. The van der Waals surface area contributed by atoms with Gasteiger partial charge in [-0.3, -0.25) is 0 Å². The molecule has 0 aromatic carbocycles. The largest absolute Gasteiger partial charge is 0.327 e. The summed E-state index contributed by atoms with van der Waals surface area (Å²) in [6.07, 6.45) is 5.68. The molecule has 0 amide bonds. The van der Waals surface area contributed by atoms with Crippen LogP contribution in [0.2, 0.25) is 0 Å². The summed E-state index contributed by atoms with van der Waals surface area (Å²) in [4.78, 5) is 0. The van der Waals surface area contributed by atoms with E-state index in [4.69, 9.17) is 5.73 Å². The number of nitrogens with two attached hydrogens (primary N) is 1. The Morgan fingerprint density at radius 2 is 1.93 bits per heavy atom. The summed E-state index contributed by atoms with van der Waals surface area (Å²) in [6, 6.07) is 1.23. The Morgan fingerprint density at radius 3 is 2.50 bits per heavy atom. The fourth-order valence-corrected chi connectivity index (χ4v) is 4.03. The van der Waals surface area contributed by atoms with Crippen molar-refractivity contribution in [3.8, 4) is 0 Å². The minimum absolute atomic E-state index is 0.369. The maximum atomic E-state index is 5.92. The van der Waals surface area contributed by atoms with E-state index >= 15 is 0 Å². The molecule has 0 radical (unpaired) electrons. The molecule has 5 atom stereocenters. The first-order chi connectivity index (χ1) is 6.81. The summed E-state index contributed by atoms with van der Waals surface area (Å²) in [5.41, 5.74) is 5.92. The first kappa shape index (κ1) is 9.17. The van der Waals surface area contributed by atoms with Crippen molar-refractivity contribution in [1.29, 1.82) is 0 Å². The molecule has 0 aliphatic heterocycles. The monoisotopic (exact) mass is 194 g/mol. The quantitative estimate of drug-likeness (QED) is 0.709. The minimum atomic E-state index is 0.369. The zero-order valence-electron chi connectivity index (χ0n) is 9.08. The molecule has 80 valence electrons. The van der Waals surface area contributed by atoms with Gasteiger partial charge in [0.15, 0.2) is 0 Å². The second kappa shape index (κ2) is 3.21. The van der Waals surface area contributed by atoms with E-state index in [1.54, 1.807) is 6.42 Å². The number of fused-ring (bicyclic) bond motifs is 5. The maximum Gasteiger partial charge on any atom is 0.0162 e. The van der Waals surface area contributed by atoms with Gasteiger partial charge in [0.25, 0.3) is 0 Å². The van der Waals surface area contributed by atoms with Crippen molar-refractivity contribution in [2.75, 3.05) is 6.54 Å². The summed E-state index contributed by atoms with van der Waals surface area (Å²) in [6.45, 7) is 3.21. The van der Waals surface area contributed by atoms with Gasteiger partial charge in [0.2, 0.25) is 0 Å². The number of nitrogens with one attached hydrogen (secondary N) is 1. The molecule has 14 heavy (non-hydrogen) atoms. The highest BCUT2D eigenvalue weighted by Crippen LogP contribution is 2.65. The van der Waals surface area contributed by atoms with Crippen LogP contribution in [0.3, 0.4) is 0 Å². The third-order valence-corrected chi connectivity index (χ3v) is 4.88. The van der Waals surface area contributed by atoms with Crippen molar-refractivity contribution in [2.24, 2.45) is 29.4 Å². The fraction of sp³-hybridized carbons (Fsp3) is 1.00. The third kappa shape index (κ3) is 1.24. The van der Waals surface area contributed by atoms with E-state index in [1.165, 1.54) is 12.8 Å². The molecule has 2 heteroatoms. The third-order valence-electron chi connectivity index (χ3n) is 4.88. The van der Waals surface area contributed by atoms with Gasteiger partial charge in [0.05, 0.1) is 0 Å². The maximum absolute atomic E-state index is 5.92. The summed E-state index contributed by atoms with van der Waals surface area (Å²) < 4.78 is 0. The van der Waals surface area contributed by atoms with E-state index < -0.39 is 0 Å². The Balaban J connectivity index is 1.50. The zero-order valence-corrected chi connectivity index (χ0v) is 9.08. The molecule has 3 N–H and O–H groups in total. The van der Waals surface area contributed by atoms with Crippen molar-refractivity contribution in [3.63, 3.8) is 0 Å². The molecule has 3 aliphatic rings. The molecule has 2 bridgehead atoms. The fourth-order valence-electron chi connectivity index (χ4n) is 4.03. The van der Waals surface area contributed by atoms with Crippen LogP contribution in [0.4, 0.5) is 0 Å². The zero-order chi connectivity index (χ0) is 9.71. The van der Waals surface area contributed by atoms with E-state index in [-0.39, 0.29) is 0 Å². The van der Waals surface area contributed by atoms with Crippen LogP contribution in [0.5, 0.6) is 0 Å². The van der Waals surface area contributed by atoms with Gasteiger partial charge in [0.1, 0.15) is 0 Å². The van der Waals surface area contributed by atoms with Gasteiger partial charge in [-0.1, -0.05) is 6.92 Å². The van der Waals surface area contributed by atoms with Crippen LogP contribution in [-0.4, -0.2) is 18.6 Å². The normalized spacial score (nSPS) is 50.6. The van der Waals surface area contributed by atoms with E-state index in [1.807, 2.05) is 0 Å². The summed E-state index contributed by atoms with van der Waals surface area (Å²) in [7, 11) is 0. The Morgan fingerprint density at radius 1 is 1.29 bits per heavy atom.